The highest BCUT2D eigenvalue weighted by molar-refractivity contribution is 6.34. The fourth-order valence-corrected chi connectivity index (χ4v) is 4.50. The lowest BCUT2D eigenvalue weighted by Crippen LogP contribution is -2.34. The van der Waals surface area contributed by atoms with E-state index in [9.17, 15) is 9.59 Å². The summed E-state index contributed by atoms with van der Waals surface area (Å²) in [5.41, 5.74) is 4.82. The summed E-state index contributed by atoms with van der Waals surface area (Å²) in [6.45, 7) is 3.78. The first kappa shape index (κ1) is 23.1. The molecule has 0 unspecified atom stereocenters. The van der Waals surface area contributed by atoms with Gasteiger partial charge in [0.15, 0.2) is 0 Å². The van der Waals surface area contributed by atoms with Gasteiger partial charge in [0, 0.05) is 10.7 Å². The predicted octanol–water partition coefficient (Wildman–Crippen LogP) is 7.24. The number of ether oxygens (including phenoxy) is 1. The highest BCUT2D eigenvalue weighted by atomic mass is 35.5. The summed E-state index contributed by atoms with van der Waals surface area (Å²) in [5, 5.41) is 6.11. The molecule has 0 saturated carbocycles. The summed E-state index contributed by atoms with van der Waals surface area (Å²) in [6, 6.07) is 13.4. The third kappa shape index (κ3) is 5.15. The number of rotatable bonds is 4. The number of urea groups is 1. The fourth-order valence-electron chi connectivity index (χ4n) is 4.01. The van der Waals surface area contributed by atoms with Gasteiger partial charge in [-0.2, -0.15) is 0 Å². The number of fused-ring (bicyclic) bond motifs is 1. The Kier molecular flexibility index (Phi) is 6.91. The Balaban J connectivity index is 1.49. The zero-order chi connectivity index (χ0) is 23.5. The quantitative estimate of drug-likeness (QED) is 0.411. The maximum atomic E-state index is 12.4. The third-order valence-electron chi connectivity index (χ3n) is 5.77. The number of hydrogen-bond donors (Lipinski definition) is 2. The van der Waals surface area contributed by atoms with Gasteiger partial charge in [-0.05, 0) is 98.2 Å². The van der Waals surface area contributed by atoms with E-state index in [0.29, 0.717) is 11.4 Å². The minimum Gasteiger partial charge on any atom is -0.457 e. The Morgan fingerprint density at radius 1 is 0.848 bits per heavy atom. The Bertz CT molecular complexity index is 1240. The Labute approximate surface area is 203 Å². The molecule has 0 saturated heterocycles. The fraction of sp³-hybridized carbons (Fsp3) is 0.231. The van der Waals surface area contributed by atoms with Crippen LogP contribution in [0.25, 0.3) is 0 Å². The van der Waals surface area contributed by atoms with Crippen LogP contribution in [0.5, 0.6) is 11.5 Å². The van der Waals surface area contributed by atoms with Crippen molar-refractivity contribution in [2.45, 2.75) is 39.5 Å². The van der Waals surface area contributed by atoms with Crippen LogP contribution in [0.3, 0.4) is 0 Å². The summed E-state index contributed by atoms with van der Waals surface area (Å²) in [6.07, 6.45) is 4.17. The van der Waals surface area contributed by atoms with Gasteiger partial charge in [0.05, 0.1) is 10.6 Å². The Hall–Kier alpha value is -3.02. The number of hydrogen-bond acceptors (Lipinski definition) is 3. The van der Waals surface area contributed by atoms with Crippen LogP contribution in [0.1, 0.15) is 45.5 Å². The van der Waals surface area contributed by atoms with Gasteiger partial charge in [-0.15, -0.1) is 0 Å². The summed E-state index contributed by atoms with van der Waals surface area (Å²) in [4.78, 5) is 24.7. The van der Waals surface area contributed by atoms with Crippen molar-refractivity contribution in [1.82, 2.24) is 5.32 Å². The van der Waals surface area contributed by atoms with Gasteiger partial charge in [-0.25, -0.2) is 4.79 Å². The van der Waals surface area contributed by atoms with Crippen molar-refractivity contribution < 1.29 is 14.3 Å². The maximum absolute atomic E-state index is 12.4. The lowest BCUT2D eigenvalue weighted by molar-refractivity contribution is 0.0967. The zero-order valence-corrected chi connectivity index (χ0v) is 19.9. The molecule has 7 heteroatoms. The van der Waals surface area contributed by atoms with E-state index in [-0.39, 0.29) is 10.6 Å². The molecule has 3 aromatic rings. The zero-order valence-electron chi connectivity index (χ0n) is 18.4. The van der Waals surface area contributed by atoms with Gasteiger partial charge < -0.3 is 10.1 Å². The molecule has 0 heterocycles. The van der Waals surface area contributed by atoms with Crippen LogP contribution in [-0.4, -0.2) is 11.9 Å². The van der Waals surface area contributed by atoms with E-state index in [4.69, 9.17) is 27.9 Å². The van der Waals surface area contributed by atoms with Crippen molar-refractivity contribution in [3.63, 3.8) is 0 Å². The van der Waals surface area contributed by atoms with E-state index < -0.39 is 11.9 Å². The first-order valence-electron chi connectivity index (χ1n) is 10.8. The number of imide groups is 1. The second-order valence-corrected chi connectivity index (χ2v) is 8.95. The highest BCUT2D eigenvalue weighted by Crippen LogP contribution is 2.38. The molecule has 0 spiro atoms. The SMILES string of the molecule is Cc1cc(Oc2ccc(Cl)c3c2CCCC3)c(C)cc1NC(=O)NC(=O)c1ccccc1Cl. The van der Waals surface area contributed by atoms with Crippen LogP contribution in [0.2, 0.25) is 10.0 Å². The van der Waals surface area contributed by atoms with E-state index in [0.717, 1.165) is 47.6 Å². The normalized spacial score (nSPS) is 12.6. The van der Waals surface area contributed by atoms with Gasteiger partial charge >= 0.3 is 6.03 Å². The average molecular weight is 483 g/mol. The van der Waals surface area contributed by atoms with Crippen molar-refractivity contribution in [2.24, 2.45) is 0 Å². The lowest BCUT2D eigenvalue weighted by Gasteiger charge is -2.21. The van der Waals surface area contributed by atoms with Crippen LogP contribution in [0, 0.1) is 13.8 Å². The van der Waals surface area contributed by atoms with Crippen LogP contribution in [0.4, 0.5) is 10.5 Å². The first-order chi connectivity index (χ1) is 15.8. The molecule has 0 radical (unpaired) electrons. The molecule has 0 bridgehead atoms. The number of carbonyl (C=O) groups excluding carboxylic acids is 2. The molecule has 170 valence electrons. The third-order valence-corrected chi connectivity index (χ3v) is 6.45. The second-order valence-electron chi connectivity index (χ2n) is 8.13. The second kappa shape index (κ2) is 9.86. The number of anilines is 1. The van der Waals surface area contributed by atoms with Crippen molar-refractivity contribution in [2.75, 3.05) is 5.32 Å². The van der Waals surface area contributed by atoms with E-state index in [1.807, 2.05) is 38.1 Å². The number of halogens is 2. The van der Waals surface area contributed by atoms with Crippen LogP contribution in [0.15, 0.2) is 48.5 Å². The van der Waals surface area contributed by atoms with Gasteiger partial charge in [0.2, 0.25) is 0 Å². The first-order valence-corrected chi connectivity index (χ1v) is 11.6. The standard InChI is InChI=1S/C26H24Cl2N2O3/c1-15-14-24(33-23-12-11-21(28)17-7-3-4-8-18(17)23)16(2)13-22(15)29-26(32)30-25(31)19-9-5-6-10-20(19)27/h5-6,9-14H,3-4,7-8H2,1-2H3,(H2,29,30,31,32). The van der Waals surface area contributed by atoms with Crippen molar-refractivity contribution >= 4 is 40.8 Å². The lowest BCUT2D eigenvalue weighted by atomic mass is 9.91. The number of carbonyl (C=O) groups is 2. The number of benzene rings is 3. The summed E-state index contributed by atoms with van der Waals surface area (Å²) in [5.74, 6) is 0.959. The van der Waals surface area contributed by atoms with Gasteiger partial charge in [0.1, 0.15) is 11.5 Å². The summed E-state index contributed by atoms with van der Waals surface area (Å²) in [7, 11) is 0. The minimum absolute atomic E-state index is 0.234. The van der Waals surface area contributed by atoms with E-state index in [1.54, 1.807) is 24.3 Å². The molecule has 0 aromatic heterocycles. The summed E-state index contributed by atoms with van der Waals surface area (Å²) < 4.78 is 6.28. The molecule has 0 aliphatic heterocycles. The topological polar surface area (TPSA) is 67.4 Å². The molecule has 3 aromatic carbocycles. The molecule has 1 aliphatic rings. The van der Waals surface area contributed by atoms with E-state index in [2.05, 4.69) is 10.6 Å². The summed E-state index contributed by atoms with van der Waals surface area (Å²) >= 11 is 12.4. The van der Waals surface area contributed by atoms with Gasteiger partial charge in [0.25, 0.3) is 5.91 Å². The molecule has 0 fully saturated rings. The van der Waals surface area contributed by atoms with E-state index >= 15 is 0 Å². The van der Waals surface area contributed by atoms with Crippen molar-refractivity contribution in [1.29, 1.82) is 0 Å². The molecule has 1 aliphatic carbocycles. The highest BCUT2D eigenvalue weighted by Gasteiger charge is 2.19. The minimum atomic E-state index is -0.636. The van der Waals surface area contributed by atoms with Crippen LogP contribution in [-0.2, 0) is 12.8 Å². The van der Waals surface area contributed by atoms with Crippen molar-refractivity contribution in [3.05, 3.63) is 86.4 Å². The molecule has 5 nitrogen and oxygen atoms in total. The molecular weight excluding hydrogens is 459 g/mol. The number of nitrogens with one attached hydrogen (secondary N) is 2. The molecule has 33 heavy (non-hydrogen) atoms. The Morgan fingerprint density at radius 2 is 1.58 bits per heavy atom. The molecule has 4 rings (SSSR count). The molecule has 2 N–H and O–H groups in total. The van der Waals surface area contributed by atoms with Crippen LogP contribution >= 0.6 is 23.2 Å². The maximum Gasteiger partial charge on any atom is 0.326 e. The number of amides is 3. The Morgan fingerprint density at radius 3 is 2.33 bits per heavy atom. The molecule has 3 amide bonds. The van der Waals surface area contributed by atoms with Gasteiger partial charge in [-0.3, -0.25) is 10.1 Å². The number of aryl methyl sites for hydroxylation is 2. The average Bonchev–Trinajstić information content (AvgIpc) is 2.79. The smallest absolute Gasteiger partial charge is 0.326 e. The molecule has 0 atom stereocenters. The predicted molar refractivity (Wildman–Crippen MR) is 132 cm³/mol. The molecular formula is C26H24Cl2N2O3. The van der Waals surface area contributed by atoms with Crippen LogP contribution < -0.4 is 15.4 Å². The van der Waals surface area contributed by atoms with Gasteiger partial charge in [-0.1, -0.05) is 35.3 Å². The van der Waals surface area contributed by atoms with E-state index in [1.165, 1.54) is 11.1 Å². The monoisotopic (exact) mass is 482 g/mol. The van der Waals surface area contributed by atoms with Crippen molar-refractivity contribution in [3.8, 4) is 11.5 Å². The largest absolute Gasteiger partial charge is 0.457 e.